The van der Waals surface area contributed by atoms with Crippen LogP contribution in [0.4, 0.5) is 0 Å². The molecule has 1 aliphatic rings. The summed E-state index contributed by atoms with van der Waals surface area (Å²) in [7, 11) is 1.65. The van der Waals surface area contributed by atoms with Crippen LogP contribution in [0, 0.1) is 5.92 Å². The predicted octanol–water partition coefficient (Wildman–Crippen LogP) is 1.86. The minimum absolute atomic E-state index is 0.0900. The largest absolute Gasteiger partial charge is 0.461 e. The highest BCUT2D eigenvalue weighted by Gasteiger charge is 2.23. The van der Waals surface area contributed by atoms with Crippen molar-refractivity contribution in [2.24, 2.45) is 11.7 Å². The van der Waals surface area contributed by atoms with E-state index in [0.29, 0.717) is 13.0 Å². The average molecular weight is 243 g/mol. The quantitative estimate of drug-likeness (QED) is 0.571. The van der Waals surface area contributed by atoms with Crippen LogP contribution in [0.2, 0.25) is 0 Å². The van der Waals surface area contributed by atoms with Gasteiger partial charge >= 0.3 is 5.97 Å². The van der Waals surface area contributed by atoms with Crippen LogP contribution in [0.5, 0.6) is 0 Å². The van der Waals surface area contributed by atoms with Crippen molar-refractivity contribution in [2.75, 3.05) is 13.7 Å². The van der Waals surface area contributed by atoms with E-state index in [1.165, 1.54) is 0 Å². The lowest BCUT2D eigenvalue weighted by atomic mass is 9.89. The van der Waals surface area contributed by atoms with E-state index in [-0.39, 0.29) is 12.1 Å². The molecule has 1 saturated carbocycles. The van der Waals surface area contributed by atoms with Gasteiger partial charge < -0.3 is 15.2 Å². The molecule has 0 saturated heterocycles. The fourth-order valence-corrected chi connectivity index (χ4v) is 2.16. The normalized spacial score (nSPS) is 26.5. The van der Waals surface area contributed by atoms with Gasteiger partial charge in [-0.25, -0.2) is 0 Å². The zero-order valence-corrected chi connectivity index (χ0v) is 11.0. The Balaban J connectivity index is 2.19. The standard InChI is InChI=1S/C13H25NO3/c1-10-5-7-11(8-6-10)17-13(15)12(14)4-3-9-16-2/h10-12H,3-9,14H2,1-2H3. The molecule has 1 unspecified atom stereocenters. The third kappa shape index (κ3) is 5.50. The Kier molecular flexibility index (Phi) is 6.52. The van der Waals surface area contributed by atoms with Gasteiger partial charge in [0, 0.05) is 13.7 Å². The summed E-state index contributed by atoms with van der Waals surface area (Å²) >= 11 is 0. The van der Waals surface area contributed by atoms with Crippen LogP contribution in [0.15, 0.2) is 0 Å². The van der Waals surface area contributed by atoms with Gasteiger partial charge in [-0.2, -0.15) is 0 Å². The molecule has 0 radical (unpaired) electrons. The summed E-state index contributed by atoms with van der Waals surface area (Å²) in [6.45, 7) is 2.89. The van der Waals surface area contributed by atoms with E-state index < -0.39 is 6.04 Å². The van der Waals surface area contributed by atoms with Crippen molar-refractivity contribution in [3.8, 4) is 0 Å². The van der Waals surface area contributed by atoms with Crippen LogP contribution >= 0.6 is 0 Å². The summed E-state index contributed by atoms with van der Waals surface area (Å²) in [4.78, 5) is 11.7. The van der Waals surface area contributed by atoms with E-state index in [4.69, 9.17) is 15.2 Å². The lowest BCUT2D eigenvalue weighted by Gasteiger charge is -2.27. The number of nitrogens with two attached hydrogens (primary N) is 1. The molecule has 100 valence electrons. The first-order valence-electron chi connectivity index (χ1n) is 6.58. The lowest BCUT2D eigenvalue weighted by molar-refractivity contribution is -0.152. The van der Waals surface area contributed by atoms with Crippen molar-refractivity contribution in [2.45, 2.75) is 57.6 Å². The van der Waals surface area contributed by atoms with E-state index in [0.717, 1.165) is 38.0 Å². The molecule has 1 atom stereocenters. The van der Waals surface area contributed by atoms with Crippen molar-refractivity contribution in [3.63, 3.8) is 0 Å². The van der Waals surface area contributed by atoms with Gasteiger partial charge in [0.15, 0.2) is 0 Å². The summed E-state index contributed by atoms with van der Waals surface area (Å²) in [6, 6.07) is -0.496. The Morgan fingerprint density at radius 3 is 2.59 bits per heavy atom. The third-order valence-electron chi connectivity index (χ3n) is 3.41. The predicted molar refractivity (Wildman–Crippen MR) is 66.6 cm³/mol. The molecular weight excluding hydrogens is 218 g/mol. The molecular formula is C13H25NO3. The number of rotatable bonds is 6. The summed E-state index contributed by atoms with van der Waals surface area (Å²) < 4.78 is 10.4. The highest BCUT2D eigenvalue weighted by Crippen LogP contribution is 2.25. The molecule has 1 rings (SSSR count). The van der Waals surface area contributed by atoms with Gasteiger partial charge in [0.1, 0.15) is 12.1 Å². The molecule has 17 heavy (non-hydrogen) atoms. The van der Waals surface area contributed by atoms with Gasteiger partial charge in [-0.1, -0.05) is 6.92 Å². The van der Waals surface area contributed by atoms with E-state index in [1.54, 1.807) is 7.11 Å². The monoisotopic (exact) mass is 243 g/mol. The number of methoxy groups -OCH3 is 1. The molecule has 4 heteroatoms. The second kappa shape index (κ2) is 7.67. The van der Waals surface area contributed by atoms with Gasteiger partial charge in [0.2, 0.25) is 0 Å². The molecule has 1 fully saturated rings. The maximum absolute atomic E-state index is 11.7. The molecule has 0 bridgehead atoms. The van der Waals surface area contributed by atoms with Gasteiger partial charge in [-0.05, 0) is 44.4 Å². The van der Waals surface area contributed by atoms with Crippen LogP contribution in [0.3, 0.4) is 0 Å². The number of hydrogen-bond acceptors (Lipinski definition) is 4. The minimum atomic E-state index is -0.496. The van der Waals surface area contributed by atoms with Crippen LogP contribution in [0.1, 0.15) is 45.4 Å². The van der Waals surface area contributed by atoms with Crippen molar-refractivity contribution in [1.82, 2.24) is 0 Å². The zero-order valence-electron chi connectivity index (χ0n) is 11.0. The topological polar surface area (TPSA) is 61.5 Å². The molecule has 1 aliphatic carbocycles. The highest BCUT2D eigenvalue weighted by atomic mass is 16.5. The minimum Gasteiger partial charge on any atom is -0.461 e. The Labute approximate surface area is 104 Å². The van der Waals surface area contributed by atoms with Gasteiger partial charge in [0.05, 0.1) is 0 Å². The molecule has 0 aliphatic heterocycles. The fourth-order valence-electron chi connectivity index (χ4n) is 2.16. The number of carbonyl (C=O) groups is 1. The van der Waals surface area contributed by atoms with Crippen molar-refractivity contribution in [1.29, 1.82) is 0 Å². The summed E-state index contributed by atoms with van der Waals surface area (Å²) in [6.07, 6.45) is 5.79. The Morgan fingerprint density at radius 2 is 2.00 bits per heavy atom. The van der Waals surface area contributed by atoms with E-state index >= 15 is 0 Å². The van der Waals surface area contributed by atoms with Crippen LogP contribution in [-0.4, -0.2) is 31.8 Å². The lowest BCUT2D eigenvalue weighted by Crippen LogP contribution is -2.36. The van der Waals surface area contributed by atoms with Crippen molar-refractivity contribution in [3.05, 3.63) is 0 Å². The first kappa shape index (κ1) is 14.5. The van der Waals surface area contributed by atoms with Gasteiger partial charge in [0.25, 0.3) is 0 Å². The number of esters is 1. The van der Waals surface area contributed by atoms with E-state index in [1.807, 2.05) is 0 Å². The van der Waals surface area contributed by atoms with Crippen LogP contribution in [-0.2, 0) is 14.3 Å². The number of carbonyl (C=O) groups excluding carboxylic acids is 1. The first-order valence-corrected chi connectivity index (χ1v) is 6.58. The second-order valence-corrected chi connectivity index (χ2v) is 5.06. The van der Waals surface area contributed by atoms with Gasteiger partial charge in [-0.15, -0.1) is 0 Å². The van der Waals surface area contributed by atoms with E-state index in [9.17, 15) is 4.79 Å². The highest BCUT2D eigenvalue weighted by molar-refractivity contribution is 5.75. The maximum Gasteiger partial charge on any atom is 0.323 e. The SMILES string of the molecule is COCCCC(N)C(=O)OC1CCC(C)CC1. The molecule has 0 aromatic carbocycles. The van der Waals surface area contributed by atoms with Crippen molar-refractivity contribution < 1.29 is 14.3 Å². The van der Waals surface area contributed by atoms with Crippen LogP contribution in [0.25, 0.3) is 0 Å². The molecule has 4 nitrogen and oxygen atoms in total. The number of ether oxygens (including phenoxy) is 2. The molecule has 0 amide bonds. The fraction of sp³-hybridized carbons (Fsp3) is 0.923. The molecule has 0 heterocycles. The number of hydrogen-bond donors (Lipinski definition) is 1. The first-order chi connectivity index (χ1) is 8.13. The summed E-state index contributed by atoms with van der Waals surface area (Å²) in [5.41, 5.74) is 5.77. The van der Waals surface area contributed by atoms with Crippen molar-refractivity contribution >= 4 is 5.97 Å². The Morgan fingerprint density at radius 1 is 1.35 bits per heavy atom. The van der Waals surface area contributed by atoms with Gasteiger partial charge in [-0.3, -0.25) is 4.79 Å². The second-order valence-electron chi connectivity index (χ2n) is 5.06. The third-order valence-corrected chi connectivity index (χ3v) is 3.41. The zero-order chi connectivity index (χ0) is 12.7. The van der Waals surface area contributed by atoms with Crippen LogP contribution < -0.4 is 5.73 Å². The Bertz CT molecular complexity index is 225. The molecule has 0 aromatic rings. The smallest absolute Gasteiger partial charge is 0.323 e. The molecule has 2 N–H and O–H groups in total. The van der Waals surface area contributed by atoms with E-state index in [2.05, 4.69) is 6.92 Å². The summed E-state index contributed by atoms with van der Waals surface area (Å²) in [5.74, 6) is 0.515. The molecule has 0 aromatic heterocycles. The average Bonchev–Trinajstić information content (AvgIpc) is 2.32. The Hall–Kier alpha value is -0.610. The molecule has 0 spiro atoms. The summed E-state index contributed by atoms with van der Waals surface area (Å²) in [5, 5.41) is 0. The maximum atomic E-state index is 11.7.